The highest BCUT2D eigenvalue weighted by Crippen LogP contribution is 2.28. The molecule has 0 atom stereocenters. The molecule has 1 N–H and O–H groups in total. The van der Waals surface area contributed by atoms with E-state index >= 15 is 0 Å². The van der Waals surface area contributed by atoms with Gasteiger partial charge in [-0.3, -0.25) is 9.78 Å². The number of ether oxygens (including phenoxy) is 3. The van der Waals surface area contributed by atoms with Crippen LogP contribution < -0.4 is 14.8 Å². The molecule has 0 fully saturated rings. The van der Waals surface area contributed by atoms with Gasteiger partial charge in [-0.1, -0.05) is 6.07 Å². The van der Waals surface area contributed by atoms with Gasteiger partial charge in [0.25, 0.3) is 5.91 Å². The molecule has 0 aliphatic rings. The van der Waals surface area contributed by atoms with Crippen molar-refractivity contribution in [3.63, 3.8) is 0 Å². The summed E-state index contributed by atoms with van der Waals surface area (Å²) in [5, 5.41) is 2.59. The highest BCUT2D eigenvalue weighted by Gasteiger charge is 2.14. The first-order valence-corrected chi connectivity index (χ1v) is 8.98. The SMILES string of the molecule is COc1cc(C(=O)OCc2ccccn2)ccc1OCC(=O)Nc1ccc(F)cc1. The van der Waals surface area contributed by atoms with E-state index < -0.39 is 17.7 Å². The summed E-state index contributed by atoms with van der Waals surface area (Å²) in [5.41, 5.74) is 1.35. The zero-order valence-corrected chi connectivity index (χ0v) is 16.1. The van der Waals surface area contributed by atoms with Crippen LogP contribution in [-0.4, -0.2) is 30.6 Å². The first-order valence-electron chi connectivity index (χ1n) is 8.98. The number of amides is 1. The Kier molecular flexibility index (Phi) is 6.94. The topological polar surface area (TPSA) is 86.8 Å². The zero-order valence-electron chi connectivity index (χ0n) is 16.1. The molecule has 154 valence electrons. The van der Waals surface area contributed by atoms with E-state index in [1.165, 1.54) is 49.6 Å². The number of carbonyl (C=O) groups excluding carboxylic acids is 2. The lowest BCUT2D eigenvalue weighted by Crippen LogP contribution is -2.20. The Labute approximate surface area is 172 Å². The van der Waals surface area contributed by atoms with Crippen molar-refractivity contribution >= 4 is 17.6 Å². The van der Waals surface area contributed by atoms with Crippen LogP contribution in [0.25, 0.3) is 0 Å². The lowest BCUT2D eigenvalue weighted by atomic mass is 10.2. The van der Waals surface area contributed by atoms with E-state index in [1.807, 2.05) is 0 Å². The maximum Gasteiger partial charge on any atom is 0.338 e. The average Bonchev–Trinajstić information content (AvgIpc) is 2.78. The lowest BCUT2D eigenvalue weighted by molar-refractivity contribution is -0.118. The van der Waals surface area contributed by atoms with E-state index in [0.29, 0.717) is 11.4 Å². The Hall–Kier alpha value is -3.94. The van der Waals surface area contributed by atoms with Crippen molar-refractivity contribution in [2.75, 3.05) is 19.0 Å². The van der Waals surface area contributed by atoms with Crippen molar-refractivity contribution in [3.8, 4) is 11.5 Å². The van der Waals surface area contributed by atoms with Crippen LogP contribution in [0, 0.1) is 5.82 Å². The number of hydrogen-bond acceptors (Lipinski definition) is 6. The number of hydrogen-bond donors (Lipinski definition) is 1. The fraction of sp³-hybridized carbons (Fsp3) is 0.136. The van der Waals surface area contributed by atoms with Crippen LogP contribution in [0.4, 0.5) is 10.1 Å². The van der Waals surface area contributed by atoms with E-state index in [9.17, 15) is 14.0 Å². The molecule has 0 bridgehead atoms. The molecule has 3 aromatic rings. The van der Waals surface area contributed by atoms with E-state index in [1.54, 1.807) is 24.4 Å². The van der Waals surface area contributed by atoms with E-state index in [0.717, 1.165) is 0 Å². The largest absolute Gasteiger partial charge is 0.493 e. The summed E-state index contributed by atoms with van der Waals surface area (Å²) in [6, 6.07) is 15.2. The van der Waals surface area contributed by atoms with Crippen molar-refractivity contribution in [3.05, 3.63) is 83.9 Å². The van der Waals surface area contributed by atoms with Gasteiger partial charge in [0.05, 0.1) is 18.4 Å². The predicted octanol–water partition coefficient (Wildman–Crippen LogP) is 3.60. The first-order chi connectivity index (χ1) is 14.5. The Balaban J connectivity index is 1.57. The Morgan fingerprint density at radius 1 is 1.03 bits per heavy atom. The van der Waals surface area contributed by atoms with Crippen LogP contribution in [0.15, 0.2) is 66.9 Å². The summed E-state index contributed by atoms with van der Waals surface area (Å²) in [6.45, 7) is -0.249. The molecule has 0 saturated heterocycles. The van der Waals surface area contributed by atoms with Crippen LogP contribution in [-0.2, 0) is 16.1 Å². The highest BCUT2D eigenvalue weighted by molar-refractivity contribution is 5.92. The minimum absolute atomic E-state index is 0.0454. The predicted molar refractivity (Wildman–Crippen MR) is 107 cm³/mol. The van der Waals surface area contributed by atoms with Gasteiger partial charge >= 0.3 is 5.97 Å². The molecular weight excluding hydrogens is 391 g/mol. The number of esters is 1. The van der Waals surface area contributed by atoms with E-state index in [-0.39, 0.29) is 30.3 Å². The van der Waals surface area contributed by atoms with Crippen LogP contribution in [0.5, 0.6) is 11.5 Å². The number of halogens is 1. The minimum Gasteiger partial charge on any atom is -0.493 e. The van der Waals surface area contributed by atoms with Gasteiger partial charge < -0.3 is 19.5 Å². The molecule has 2 aromatic carbocycles. The molecule has 0 saturated carbocycles. The summed E-state index contributed by atoms with van der Waals surface area (Å²) in [5.74, 6) is -0.806. The third-order valence-corrected chi connectivity index (χ3v) is 3.96. The van der Waals surface area contributed by atoms with Crippen molar-refractivity contribution in [1.29, 1.82) is 0 Å². The molecule has 0 spiro atoms. The number of pyridine rings is 1. The van der Waals surface area contributed by atoms with Gasteiger partial charge in [0.1, 0.15) is 12.4 Å². The van der Waals surface area contributed by atoms with Gasteiger partial charge in [-0.05, 0) is 54.6 Å². The second-order valence-electron chi connectivity index (χ2n) is 6.11. The summed E-state index contributed by atoms with van der Waals surface area (Å²) in [6.07, 6.45) is 1.62. The van der Waals surface area contributed by atoms with E-state index in [2.05, 4.69) is 10.3 Å². The number of nitrogens with zero attached hydrogens (tertiary/aromatic N) is 1. The maximum atomic E-state index is 12.9. The van der Waals surface area contributed by atoms with Gasteiger partial charge in [-0.2, -0.15) is 0 Å². The van der Waals surface area contributed by atoms with Gasteiger partial charge in [0.2, 0.25) is 0 Å². The third-order valence-electron chi connectivity index (χ3n) is 3.96. The molecule has 8 heteroatoms. The van der Waals surface area contributed by atoms with Crippen LogP contribution in [0.2, 0.25) is 0 Å². The van der Waals surface area contributed by atoms with Gasteiger partial charge in [0, 0.05) is 11.9 Å². The van der Waals surface area contributed by atoms with Crippen LogP contribution in [0.1, 0.15) is 16.1 Å². The molecule has 0 unspecified atom stereocenters. The van der Waals surface area contributed by atoms with Gasteiger partial charge in [-0.25, -0.2) is 9.18 Å². The molecule has 0 radical (unpaired) electrons. The fourth-order valence-corrected chi connectivity index (χ4v) is 2.49. The number of rotatable bonds is 8. The summed E-state index contributed by atoms with van der Waals surface area (Å²) >= 11 is 0. The third kappa shape index (κ3) is 5.78. The lowest BCUT2D eigenvalue weighted by Gasteiger charge is -2.12. The molecule has 30 heavy (non-hydrogen) atoms. The standard InChI is InChI=1S/C22H19FN2O5/c1-28-20-12-15(22(27)30-13-18-4-2-3-11-24-18)5-10-19(20)29-14-21(26)25-17-8-6-16(23)7-9-17/h2-12H,13-14H2,1H3,(H,25,26). The molecular formula is C22H19FN2O5. The highest BCUT2D eigenvalue weighted by atomic mass is 19.1. The normalized spacial score (nSPS) is 10.2. The molecule has 1 heterocycles. The molecule has 7 nitrogen and oxygen atoms in total. The number of nitrogens with one attached hydrogen (secondary N) is 1. The monoisotopic (exact) mass is 410 g/mol. The first kappa shape index (κ1) is 20.8. The van der Waals surface area contributed by atoms with Crippen molar-refractivity contribution < 1.29 is 28.2 Å². The Bertz CT molecular complexity index is 1010. The zero-order chi connectivity index (χ0) is 21.3. The number of benzene rings is 2. The maximum absolute atomic E-state index is 12.9. The smallest absolute Gasteiger partial charge is 0.338 e. The molecule has 0 aliphatic heterocycles. The van der Waals surface area contributed by atoms with Crippen molar-refractivity contribution in [1.82, 2.24) is 4.98 Å². The summed E-state index contributed by atoms with van der Waals surface area (Å²) in [7, 11) is 1.42. The summed E-state index contributed by atoms with van der Waals surface area (Å²) in [4.78, 5) is 28.4. The molecule has 3 rings (SSSR count). The molecule has 1 aromatic heterocycles. The fourth-order valence-electron chi connectivity index (χ4n) is 2.49. The second-order valence-corrected chi connectivity index (χ2v) is 6.11. The quantitative estimate of drug-likeness (QED) is 0.571. The average molecular weight is 410 g/mol. The van der Waals surface area contributed by atoms with Crippen molar-refractivity contribution in [2.45, 2.75) is 6.61 Å². The van der Waals surface area contributed by atoms with E-state index in [4.69, 9.17) is 14.2 Å². The second kappa shape index (κ2) is 10.0. The minimum atomic E-state index is -0.542. The van der Waals surface area contributed by atoms with Gasteiger partial charge in [-0.15, -0.1) is 0 Å². The summed E-state index contributed by atoms with van der Waals surface area (Å²) < 4.78 is 28.9. The van der Waals surface area contributed by atoms with Gasteiger partial charge in [0.15, 0.2) is 18.1 Å². The molecule has 1 amide bonds. The number of anilines is 1. The van der Waals surface area contributed by atoms with Crippen LogP contribution in [0.3, 0.4) is 0 Å². The number of carbonyl (C=O) groups is 2. The Morgan fingerprint density at radius 2 is 1.83 bits per heavy atom. The van der Waals surface area contributed by atoms with Crippen molar-refractivity contribution in [2.24, 2.45) is 0 Å². The molecule has 0 aliphatic carbocycles. The Morgan fingerprint density at radius 3 is 2.53 bits per heavy atom. The number of aromatic nitrogens is 1. The van der Waals surface area contributed by atoms with Crippen LogP contribution >= 0.6 is 0 Å². The number of methoxy groups -OCH3 is 1.